The lowest BCUT2D eigenvalue weighted by Gasteiger charge is -2.30. The number of carboxylic acids is 1. The molecule has 2 N–H and O–H groups in total. The fourth-order valence-electron chi connectivity index (χ4n) is 2.19. The smallest absolute Gasteiger partial charge is 0.321 e. The van der Waals surface area contributed by atoms with Crippen LogP contribution in [0.15, 0.2) is 12.1 Å². The maximum atomic E-state index is 13.0. The van der Waals surface area contributed by atoms with E-state index in [0.29, 0.717) is 31.5 Å². The Hall–Kier alpha value is -2.25. The van der Waals surface area contributed by atoms with Crippen LogP contribution in [0.3, 0.4) is 0 Å². The molecule has 2 rings (SSSR count). The number of carbonyl (C=O) groups excluding carboxylic acids is 1. The third-order valence-corrected chi connectivity index (χ3v) is 3.29. The molecule has 21 heavy (non-hydrogen) atoms. The Balaban J connectivity index is 2.06. The van der Waals surface area contributed by atoms with E-state index >= 15 is 0 Å². The van der Waals surface area contributed by atoms with Crippen molar-refractivity contribution in [2.45, 2.75) is 12.8 Å². The van der Waals surface area contributed by atoms with Crippen molar-refractivity contribution in [1.82, 2.24) is 4.90 Å². The van der Waals surface area contributed by atoms with Crippen LogP contribution in [0.5, 0.6) is 0 Å². The van der Waals surface area contributed by atoms with Crippen molar-refractivity contribution in [2.75, 3.05) is 18.4 Å². The summed E-state index contributed by atoms with van der Waals surface area (Å²) in [5, 5.41) is 11.2. The highest BCUT2D eigenvalue weighted by molar-refractivity contribution is 5.89. The van der Waals surface area contributed by atoms with Gasteiger partial charge in [0.05, 0.1) is 5.92 Å². The summed E-state index contributed by atoms with van der Waals surface area (Å²) in [5.74, 6) is -6.09. The number of carbonyl (C=O) groups is 2. The van der Waals surface area contributed by atoms with Gasteiger partial charge in [0, 0.05) is 30.9 Å². The highest BCUT2D eigenvalue weighted by Gasteiger charge is 2.28. The van der Waals surface area contributed by atoms with E-state index in [0.717, 1.165) is 0 Å². The summed E-state index contributed by atoms with van der Waals surface area (Å²) in [6.07, 6.45) is 0.995. The van der Waals surface area contributed by atoms with E-state index in [-0.39, 0.29) is 12.2 Å². The molecule has 2 amide bonds. The molecule has 1 aromatic rings. The largest absolute Gasteiger partial charge is 0.481 e. The molecular formula is C13H13F3N2O3. The Morgan fingerprint density at radius 1 is 1.24 bits per heavy atom. The average Bonchev–Trinajstić information content (AvgIpc) is 2.44. The Bertz CT molecular complexity index is 557. The highest BCUT2D eigenvalue weighted by atomic mass is 19.2. The third-order valence-electron chi connectivity index (χ3n) is 3.29. The molecule has 1 saturated heterocycles. The third kappa shape index (κ3) is 3.45. The number of hydrogen-bond acceptors (Lipinski definition) is 2. The van der Waals surface area contributed by atoms with Gasteiger partial charge in [0.1, 0.15) is 0 Å². The van der Waals surface area contributed by atoms with Crippen LogP contribution in [-0.4, -0.2) is 35.1 Å². The Morgan fingerprint density at radius 3 is 2.43 bits per heavy atom. The normalized spacial score (nSPS) is 18.4. The number of rotatable bonds is 2. The van der Waals surface area contributed by atoms with E-state index in [9.17, 15) is 22.8 Å². The molecule has 0 spiro atoms. The van der Waals surface area contributed by atoms with Gasteiger partial charge in [-0.15, -0.1) is 0 Å². The van der Waals surface area contributed by atoms with E-state index in [1.807, 2.05) is 0 Å². The summed E-state index contributed by atoms with van der Waals surface area (Å²) >= 11 is 0. The lowest BCUT2D eigenvalue weighted by Crippen LogP contribution is -2.44. The van der Waals surface area contributed by atoms with E-state index in [2.05, 4.69) is 5.32 Å². The molecule has 1 aliphatic heterocycles. The Kier molecular flexibility index (Phi) is 4.35. The number of aliphatic carboxylic acids is 1. The molecule has 5 nitrogen and oxygen atoms in total. The van der Waals surface area contributed by atoms with Crippen molar-refractivity contribution in [3.63, 3.8) is 0 Å². The van der Waals surface area contributed by atoms with E-state index in [4.69, 9.17) is 5.11 Å². The van der Waals surface area contributed by atoms with Gasteiger partial charge in [-0.3, -0.25) is 4.79 Å². The topological polar surface area (TPSA) is 69.6 Å². The zero-order chi connectivity index (χ0) is 15.6. The minimum atomic E-state index is -1.61. The van der Waals surface area contributed by atoms with Crippen molar-refractivity contribution in [3.05, 3.63) is 29.6 Å². The molecule has 0 bridgehead atoms. The number of anilines is 1. The molecule has 1 fully saturated rings. The number of hydrogen-bond donors (Lipinski definition) is 2. The standard InChI is InChI=1S/C13H13F3N2O3/c14-9-4-8(5-10(15)11(9)16)17-13(21)18-3-1-2-7(6-18)12(19)20/h4-5,7H,1-3,6H2,(H,17,21)(H,19,20)/t7-/m0/s1. The summed E-state index contributed by atoms with van der Waals surface area (Å²) in [5.41, 5.74) is -0.228. The van der Waals surface area contributed by atoms with Crippen molar-refractivity contribution >= 4 is 17.7 Å². The quantitative estimate of drug-likeness (QED) is 0.824. The van der Waals surface area contributed by atoms with Gasteiger partial charge in [0.2, 0.25) is 0 Å². The van der Waals surface area contributed by atoms with Gasteiger partial charge in [-0.25, -0.2) is 18.0 Å². The number of halogens is 3. The summed E-state index contributed by atoms with van der Waals surface area (Å²) < 4.78 is 38.9. The predicted octanol–water partition coefficient (Wildman–Crippen LogP) is 2.43. The van der Waals surface area contributed by atoms with Crippen LogP contribution >= 0.6 is 0 Å². The van der Waals surface area contributed by atoms with Gasteiger partial charge in [-0.1, -0.05) is 0 Å². The van der Waals surface area contributed by atoms with Crippen LogP contribution in [0.25, 0.3) is 0 Å². The first-order valence-corrected chi connectivity index (χ1v) is 6.31. The molecule has 1 aromatic carbocycles. The summed E-state index contributed by atoms with van der Waals surface area (Å²) in [6.45, 7) is 0.370. The van der Waals surface area contributed by atoms with Crippen molar-refractivity contribution in [2.24, 2.45) is 5.92 Å². The molecule has 0 radical (unpaired) electrons. The zero-order valence-corrected chi connectivity index (χ0v) is 10.9. The number of carboxylic acid groups (broad SMARTS) is 1. The van der Waals surface area contributed by atoms with Gasteiger partial charge in [-0.2, -0.15) is 0 Å². The second-order valence-corrected chi connectivity index (χ2v) is 4.81. The monoisotopic (exact) mass is 302 g/mol. The SMILES string of the molecule is O=C(O)[C@H]1CCCN(C(=O)Nc2cc(F)c(F)c(F)c2)C1. The summed E-state index contributed by atoms with van der Waals surface area (Å²) in [6, 6.07) is 0.649. The van der Waals surface area contributed by atoms with Crippen LogP contribution in [0.4, 0.5) is 23.7 Å². The van der Waals surface area contributed by atoms with E-state index in [1.165, 1.54) is 4.90 Å². The van der Waals surface area contributed by atoms with Crippen LogP contribution < -0.4 is 5.32 Å². The lowest BCUT2D eigenvalue weighted by atomic mass is 9.99. The molecule has 0 unspecified atom stereocenters. The molecule has 8 heteroatoms. The number of benzene rings is 1. The number of likely N-dealkylation sites (tertiary alicyclic amines) is 1. The van der Waals surface area contributed by atoms with Crippen molar-refractivity contribution in [1.29, 1.82) is 0 Å². The van der Waals surface area contributed by atoms with Crippen molar-refractivity contribution < 1.29 is 27.9 Å². The number of nitrogens with zero attached hydrogens (tertiary/aromatic N) is 1. The van der Waals surface area contributed by atoms with Gasteiger partial charge in [-0.05, 0) is 12.8 Å². The molecule has 0 aliphatic carbocycles. The second-order valence-electron chi connectivity index (χ2n) is 4.81. The number of piperidine rings is 1. The predicted molar refractivity (Wildman–Crippen MR) is 67.3 cm³/mol. The van der Waals surface area contributed by atoms with E-state index < -0.39 is 35.4 Å². The van der Waals surface area contributed by atoms with Crippen LogP contribution in [0.1, 0.15) is 12.8 Å². The first kappa shape index (κ1) is 15.1. The number of urea groups is 1. The fourth-order valence-corrected chi connectivity index (χ4v) is 2.19. The van der Waals surface area contributed by atoms with Crippen LogP contribution in [0, 0.1) is 23.4 Å². The first-order valence-electron chi connectivity index (χ1n) is 6.31. The molecule has 114 valence electrons. The van der Waals surface area contributed by atoms with Crippen molar-refractivity contribution in [3.8, 4) is 0 Å². The van der Waals surface area contributed by atoms with Crippen LogP contribution in [0.2, 0.25) is 0 Å². The van der Waals surface area contributed by atoms with Gasteiger partial charge >= 0.3 is 12.0 Å². The zero-order valence-electron chi connectivity index (χ0n) is 10.9. The molecule has 0 aromatic heterocycles. The van der Waals surface area contributed by atoms with Gasteiger partial charge < -0.3 is 15.3 Å². The highest BCUT2D eigenvalue weighted by Crippen LogP contribution is 2.20. The van der Waals surface area contributed by atoms with Gasteiger partial charge in [0.15, 0.2) is 17.5 Å². The maximum Gasteiger partial charge on any atom is 0.321 e. The molecule has 1 aliphatic rings. The molecule has 1 atom stereocenters. The Labute approximate surface area is 118 Å². The summed E-state index contributed by atoms with van der Waals surface area (Å²) in [4.78, 5) is 24.1. The lowest BCUT2D eigenvalue weighted by molar-refractivity contribution is -0.143. The van der Waals surface area contributed by atoms with Crippen LogP contribution in [-0.2, 0) is 4.79 Å². The Morgan fingerprint density at radius 2 is 1.86 bits per heavy atom. The minimum Gasteiger partial charge on any atom is -0.481 e. The maximum absolute atomic E-state index is 13.0. The molecule has 1 heterocycles. The second kappa shape index (κ2) is 6.02. The average molecular weight is 302 g/mol. The van der Waals surface area contributed by atoms with Gasteiger partial charge in [0.25, 0.3) is 0 Å². The van der Waals surface area contributed by atoms with E-state index in [1.54, 1.807) is 0 Å². The minimum absolute atomic E-state index is 0.0212. The first-order chi connectivity index (χ1) is 9.88. The molecular weight excluding hydrogens is 289 g/mol. The number of nitrogens with one attached hydrogen (secondary N) is 1. The fraction of sp³-hybridized carbons (Fsp3) is 0.385. The molecule has 0 saturated carbocycles. The number of amides is 2. The summed E-state index contributed by atoms with van der Waals surface area (Å²) in [7, 11) is 0.